The predicted octanol–water partition coefficient (Wildman–Crippen LogP) is 3.31. The van der Waals surface area contributed by atoms with Crippen molar-refractivity contribution in [1.82, 2.24) is 25.0 Å². The second-order valence-electron chi connectivity index (χ2n) is 8.74. The topological polar surface area (TPSA) is 92.1 Å². The zero-order valence-electron chi connectivity index (χ0n) is 17.6. The summed E-state index contributed by atoms with van der Waals surface area (Å²) in [7, 11) is 0. The van der Waals surface area contributed by atoms with Crippen LogP contribution in [0.5, 0.6) is 0 Å². The van der Waals surface area contributed by atoms with E-state index in [0.717, 1.165) is 0 Å². The van der Waals surface area contributed by atoms with Gasteiger partial charge in [0.05, 0.1) is 37.0 Å². The summed E-state index contributed by atoms with van der Waals surface area (Å²) < 4.78 is 47.7. The highest BCUT2D eigenvalue weighted by molar-refractivity contribution is 5.83. The third kappa shape index (κ3) is 3.62. The molecule has 2 aliphatic rings. The monoisotopic (exact) mass is 450 g/mol. The number of rotatable bonds is 3. The van der Waals surface area contributed by atoms with Crippen LogP contribution in [0, 0.1) is 5.92 Å². The molecule has 1 aliphatic carbocycles. The van der Waals surface area contributed by atoms with Crippen molar-refractivity contribution in [2.45, 2.75) is 50.4 Å². The van der Waals surface area contributed by atoms with Crippen LogP contribution < -0.4 is 4.90 Å². The SMILES string of the molecule is C[C@@H]1COCCN1c1cc([C@]2(O)CCC[C@H](C(F)(F)F)C2)c2cnn(-c3cc[nH]n3)c2n1. The summed E-state index contributed by atoms with van der Waals surface area (Å²) in [6, 6.07) is 3.50. The second kappa shape index (κ2) is 7.73. The molecular formula is C21H25F3N6O2. The van der Waals surface area contributed by atoms with E-state index in [1.54, 1.807) is 24.5 Å². The fourth-order valence-corrected chi connectivity index (χ4v) is 4.90. The minimum atomic E-state index is -4.35. The molecule has 32 heavy (non-hydrogen) atoms. The third-order valence-electron chi connectivity index (χ3n) is 6.58. The van der Waals surface area contributed by atoms with Gasteiger partial charge in [0.25, 0.3) is 0 Å². The highest BCUT2D eigenvalue weighted by Gasteiger charge is 2.48. The molecular weight excluding hydrogens is 425 g/mol. The first-order chi connectivity index (χ1) is 15.3. The molecule has 3 aromatic rings. The van der Waals surface area contributed by atoms with E-state index in [4.69, 9.17) is 9.72 Å². The Labute approximate surface area is 182 Å². The molecule has 2 fully saturated rings. The first-order valence-electron chi connectivity index (χ1n) is 10.8. The highest BCUT2D eigenvalue weighted by atomic mass is 19.4. The largest absolute Gasteiger partial charge is 0.391 e. The van der Waals surface area contributed by atoms with Gasteiger partial charge in [-0.15, -0.1) is 0 Å². The van der Waals surface area contributed by atoms with Crippen LogP contribution in [0.1, 0.15) is 38.2 Å². The van der Waals surface area contributed by atoms with Crippen molar-refractivity contribution in [3.05, 3.63) is 30.1 Å². The summed E-state index contributed by atoms with van der Waals surface area (Å²) in [5.74, 6) is -0.450. The maximum absolute atomic E-state index is 13.6. The van der Waals surface area contributed by atoms with Gasteiger partial charge < -0.3 is 14.7 Å². The molecule has 2 N–H and O–H groups in total. The summed E-state index contributed by atoms with van der Waals surface area (Å²) in [4.78, 5) is 6.86. The van der Waals surface area contributed by atoms with Crippen LogP contribution in [-0.2, 0) is 10.3 Å². The average Bonchev–Trinajstić information content (AvgIpc) is 3.42. The van der Waals surface area contributed by atoms with Crippen molar-refractivity contribution in [1.29, 1.82) is 0 Å². The lowest BCUT2D eigenvalue weighted by Crippen LogP contribution is -2.44. The van der Waals surface area contributed by atoms with Gasteiger partial charge in [0, 0.05) is 24.2 Å². The van der Waals surface area contributed by atoms with Crippen LogP contribution in [0.25, 0.3) is 16.9 Å². The Morgan fingerprint density at radius 3 is 2.88 bits per heavy atom. The van der Waals surface area contributed by atoms with Crippen molar-refractivity contribution in [3.63, 3.8) is 0 Å². The number of halogens is 3. The van der Waals surface area contributed by atoms with Gasteiger partial charge in [-0.05, 0) is 44.2 Å². The van der Waals surface area contributed by atoms with Gasteiger partial charge in [-0.2, -0.15) is 28.1 Å². The number of ether oxygens (including phenoxy) is 1. The number of aromatic nitrogens is 5. The van der Waals surface area contributed by atoms with Gasteiger partial charge in [0.15, 0.2) is 11.5 Å². The Morgan fingerprint density at radius 2 is 2.16 bits per heavy atom. The average molecular weight is 450 g/mol. The molecule has 0 bridgehead atoms. The van der Waals surface area contributed by atoms with Gasteiger partial charge in [-0.1, -0.05) is 0 Å². The van der Waals surface area contributed by atoms with Crippen LogP contribution in [0.4, 0.5) is 19.0 Å². The number of aromatic amines is 1. The quantitative estimate of drug-likeness (QED) is 0.636. The molecule has 0 aromatic carbocycles. The van der Waals surface area contributed by atoms with Crippen LogP contribution in [-0.4, -0.2) is 62.0 Å². The maximum atomic E-state index is 13.6. The zero-order valence-corrected chi connectivity index (χ0v) is 17.6. The van der Waals surface area contributed by atoms with E-state index in [1.165, 1.54) is 4.68 Å². The van der Waals surface area contributed by atoms with Crippen molar-refractivity contribution < 1.29 is 23.0 Å². The van der Waals surface area contributed by atoms with Crippen LogP contribution >= 0.6 is 0 Å². The number of nitrogens with one attached hydrogen (secondary N) is 1. The molecule has 4 heterocycles. The smallest absolute Gasteiger partial charge is 0.385 e. The van der Waals surface area contributed by atoms with Crippen LogP contribution in [0.3, 0.4) is 0 Å². The molecule has 0 spiro atoms. The Morgan fingerprint density at radius 1 is 1.31 bits per heavy atom. The Hall–Kier alpha value is -2.66. The third-order valence-corrected chi connectivity index (χ3v) is 6.58. The second-order valence-corrected chi connectivity index (χ2v) is 8.74. The number of morpholine rings is 1. The molecule has 1 saturated heterocycles. The number of fused-ring (bicyclic) bond motifs is 1. The molecule has 0 unspecified atom stereocenters. The predicted molar refractivity (Wildman–Crippen MR) is 111 cm³/mol. The first-order valence-corrected chi connectivity index (χ1v) is 10.8. The summed E-state index contributed by atoms with van der Waals surface area (Å²) in [5, 5.41) is 23.4. The van der Waals surface area contributed by atoms with Crippen LogP contribution in [0.15, 0.2) is 24.5 Å². The van der Waals surface area contributed by atoms with Gasteiger partial charge in [0.1, 0.15) is 5.82 Å². The fourth-order valence-electron chi connectivity index (χ4n) is 4.90. The minimum absolute atomic E-state index is 0.0277. The Kier molecular flexibility index (Phi) is 5.12. The van der Waals surface area contributed by atoms with Gasteiger partial charge in [-0.3, -0.25) is 5.10 Å². The van der Waals surface area contributed by atoms with E-state index in [1.807, 2.05) is 6.92 Å². The summed E-state index contributed by atoms with van der Waals surface area (Å²) >= 11 is 0. The minimum Gasteiger partial charge on any atom is -0.385 e. The Bertz CT molecular complexity index is 1100. The number of pyridine rings is 1. The molecule has 0 radical (unpaired) electrons. The lowest BCUT2D eigenvalue weighted by Gasteiger charge is -2.39. The number of aliphatic hydroxyl groups is 1. The van der Waals surface area contributed by atoms with Crippen molar-refractivity contribution in [2.24, 2.45) is 5.92 Å². The van der Waals surface area contributed by atoms with E-state index in [-0.39, 0.29) is 25.3 Å². The standard InChI is InChI=1S/C21H25F3N6O2/c1-13-12-32-8-7-29(13)18-9-16(20(31)5-2-3-14(10-20)21(22,23)24)15-11-26-30(19(15)27-18)17-4-6-25-28-17/h4,6,9,11,13-14,31H,2-3,5,7-8,10,12H2,1H3,(H,25,28)/t13-,14+,20+/m1/s1. The van der Waals surface area contributed by atoms with Crippen LogP contribution in [0.2, 0.25) is 0 Å². The van der Waals surface area contributed by atoms with Gasteiger partial charge >= 0.3 is 6.18 Å². The summed E-state index contributed by atoms with van der Waals surface area (Å²) in [6.07, 6.45) is -0.942. The van der Waals surface area contributed by atoms with Gasteiger partial charge in [-0.25, -0.2) is 4.98 Å². The Balaban J connectivity index is 1.67. The summed E-state index contributed by atoms with van der Waals surface area (Å²) in [5.41, 5.74) is -0.735. The van der Waals surface area contributed by atoms with Crippen molar-refractivity contribution in [2.75, 3.05) is 24.7 Å². The molecule has 1 saturated carbocycles. The van der Waals surface area contributed by atoms with Gasteiger partial charge in [0.2, 0.25) is 0 Å². The number of alkyl halides is 3. The molecule has 0 amide bonds. The molecule has 5 rings (SSSR count). The lowest BCUT2D eigenvalue weighted by atomic mass is 9.73. The van der Waals surface area contributed by atoms with Crippen molar-refractivity contribution in [3.8, 4) is 5.82 Å². The lowest BCUT2D eigenvalue weighted by molar-refractivity contribution is -0.201. The molecule has 3 atom stereocenters. The van der Waals surface area contributed by atoms with E-state index >= 15 is 0 Å². The maximum Gasteiger partial charge on any atom is 0.391 e. The number of H-pyrrole nitrogens is 1. The van der Waals surface area contributed by atoms with E-state index in [9.17, 15) is 18.3 Å². The van der Waals surface area contributed by atoms with E-state index < -0.39 is 17.7 Å². The van der Waals surface area contributed by atoms with E-state index in [2.05, 4.69) is 20.2 Å². The normalized spacial score (nSPS) is 27.2. The van der Waals surface area contributed by atoms with Crippen molar-refractivity contribution >= 4 is 16.9 Å². The number of nitrogens with zero attached hydrogens (tertiary/aromatic N) is 5. The molecule has 3 aromatic heterocycles. The molecule has 1 aliphatic heterocycles. The molecule has 172 valence electrons. The zero-order chi connectivity index (χ0) is 22.5. The molecule has 11 heteroatoms. The van der Waals surface area contributed by atoms with E-state index in [0.29, 0.717) is 54.4 Å². The number of hydrogen-bond donors (Lipinski definition) is 2. The highest BCUT2D eigenvalue weighted by Crippen LogP contribution is 2.48. The summed E-state index contributed by atoms with van der Waals surface area (Å²) in [6.45, 7) is 3.65. The first kappa shape index (κ1) is 21.2. The number of anilines is 1. The fraction of sp³-hybridized carbons (Fsp3) is 0.571. The molecule has 8 nitrogen and oxygen atoms in total. The number of hydrogen-bond acceptors (Lipinski definition) is 6.